The van der Waals surface area contributed by atoms with Gasteiger partial charge in [0.05, 0.1) is 24.4 Å². The Morgan fingerprint density at radius 2 is 1.89 bits per heavy atom. The Hall–Kier alpha value is -3.50. The van der Waals surface area contributed by atoms with E-state index in [2.05, 4.69) is 36.8 Å². The second kappa shape index (κ2) is 9.18. The third-order valence-corrected chi connectivity index (χ3v) is 7.30. The van der Waals surface area contributed by atoms with Gasteiger partial charge in [0.15, 0.2) is 5.65 Å². The van der Waals surface area contributed by atoms with Crippen LogP contribution in [0.5, 0.6) is 6.01 Å². The van der Waals surface area contributed by atoms with Crippen molar-refractivity contribution in [1.29, 1.82) is 0 Å². The third kappa shape index (κ3) is 4.10. The summed E-state index contributed by atoms with van der Waals surface area (Å²) in [6.07, 6.45) is 6.06. The predicted octanol–water partition coefficient (Wildman–Crippen LogP) is 3.07. The zero-order chi connectivity index (χ0) is 24.8. The summed E-state index contributed by atoms with van der Waals surface area (Å²) in [6, 6.07) is 7.05. The summed E-state index contributed by atoms with van der Waals surface area (Å²) in [5, 5.41) is 0. The number of halogens is 1. The summed E-state index contributed by atoms with van der Waals surface area (Å²) in [7, 11) is 2.19. The van der Waals surface area contributed by atoms with Gasteiger partial charge in [-0.25, -0.2) is 19.3 Å². The minimum Gasteiger partial charge on any atom is -0.464 e. The molecule has 5 heterocycles. The second-order valence-corrected chi connectivity index (χ2v) is 9.68. The van der Waals surface area contributed by atoms with Crippen LogP contribution in [-0.4, -0.2) is 78.1 Å². The standard InChI is InChI=1S/C26H29FN8O/c1-4-36-26-30-16(2)23-25(32-26)35(24(31-23)19-9-28-15-29-10-19)12-18-6-5-17(7-22(18)27)11-34-14-20-8-21(34)13-33(20)3/h5-7,9-10,15,20-21H,4,8,11-14H2,1-3H3/t20-,21-/m0/s1. The van der Waals surface area contributed by atoms with Crippen molar-refractivity contribution in [2.75, 3.05) is 26.7 Å². The van der Waals surface area contributed by atoms with Crippen LogP contribution in [-0.2, 0) is 13.1 Å². The van der Waals surface area contributed by atoms with Gasteiger partial charge in [0, 0.05) is 49.7 Å². The zero-order valence-electron chi connectivity index (χ0n) is 20.7. The molecule has 2 aliphatic rings. The first kappa shape index (κ1) is 22.9. The van der Waals surface area contributed by atoms with Gasteiger partial charge in [-0.2, -0.15) is 9.97 Å². The van der Waals surface area contributed by atoms with E-state index < -0.39 is 0 Å². The lowest BCUT2D eigenvalue weighted by atomic mass is 10.1. The third-order valence-electron chi connectivity index (χ3n) is 7.30. The Kier molecular flexibility index (Phi) is 5.85. The van der Waals surface area contributed by atoms with E-state index in [1.165, 1.54) is 12.7 Å². The maximum Gasteiger partial charge on any atom is 0.318 e. The zero-order valence-corrected chi connectivity index (χ0v) is 20.7. The molecule has 0 aliphatic carbocycles. The number of imidazole rings is 1. The molecule has 36 heavy (non-hydrogen) atoms. The van der Waals surface area contributed by atoms with Gasteiger partial charge in [0.1, 0.15) is 23.5 Å². The van der Waals surface area contributed by atoms with Crippen molar-refractivity contribution in [2.24, 2.45) is 0 Å². The minimum atomic E-state index is -0.234. The van der Waals surface area contributed by atoms with E-state index >= 15 is 4.39 Å². The van der Waals surface area contributed by atoms with Crippen LogP contribution in [0.2, 0.25) is 0 Å². The normalized spacial score (nSPS) is 20.0. The molecule has 0 saturated carbocycles. The highest BCUT2D eigenvalue weighted by Crippen LogP contribution is 2.31. The lowest BCUT2D eigenvalue weighted by Gasteiger charge is -2.31. The molecular weight excluding hydrogens is 459 g/mol. The van der Waals surface area contributed by atoms with Crippen LogP contribution < -0.4 is 4.74 Å². The Morgan fingerprint density at radius 3 is 2.58 bits per heavy atom. The van der Waals surface area contributed by atoms with Gasteiger partial charge in [0.2, 0.25) is 0 Å². The van der Waals surface area contributed by atoms with Crippen molar-refractivity contribution < 1.29 is 9.13 Å². The molecule has 2 aliphatic heterocycles. The van der Waals surface area contributed by atoms with Gasteiger partial charge in [0.25, 0.3) is 0 Å². The van der Waals surface area contributed by atoms with E-state index in [9.17, 15) is 0 Å². The molecule has 4 aromatic rings. The topological polar surface area (TPSA) is 85.1 Å². The van der Waals surface area contributed by atoms with Crippen LogP contribution in [0.1, 0.15) is 30.2 Å². The Bertz CT molecular complexity index is 1410. The summed E-state index contributed by atoms with van der Waals surface area (Å²) in [5.74, 6) is 0.374. The van der Waals surface area contributed by atoms with E-state index in [0.29, 0.717) is 46.9 Å². The van der Waals surface area contributed by atoms with Gasteiger partial charge < -0.3 is 14.2 Å². The number of nitrogens with zero attached hydrogens (tertiary/aromatic N) is 8. The maximum absolute atomic E-state index is 15.4. The van der Waals surface area contributed by atoms with E-state index in [-0.39, 0.29) is 18.4 Å². The molecule has 2 atom stereocenters. The number of fused-ring (bicyclic) bond motifs is 3. The smallest absolute Gasteiger partial charge is 0.318 e. The van der Waals surface area contributed by atoms with Gasteiger partial charge in [-0.1, -0.05) is 12.1 Å². The highest BCUT2D eigenvalue weighted by atomic mass is 19.1. The summed E-state index contributed by atoms with van der Waals surface area (Å²) < 4.78 is 22.9. The molecule has 2 fully saturated rings. The van der Waals surface area contributed by atoms with Crippen LogP contribution >= 0.6 is 0 Å². The second-order valence-electron chi connectivity index (χ2n) is 9.68. The quantitative estimate of drug-likeness (QED) is 0.393. The van der Waals surface area contributed by atoms with E-state index in [1.54, 1.807) is 18.5 Å². The van der Waals surface area contributed by atoms with Gasteiger partial charge in [-0.05, 0) is 38.9 Å². The number of likely N-dealkylation sites (tertiary alicyclic amines) is 2. The van der Waals surface area contributed by atoms with E-state index in [4.69, 9.17) is 9.72 Å². The number of rotatable bonds is 7. The van der Waals surface area contributed by atoms with Crippen molar-refractivity contribution in [1.82, 2.24) is 39.3 Å². The van der Waals surface area contributed by atoms with E-state index in [0.717, 1.165) is 30.8 Å². The van der Waals surface area contributed by atoms with Crippen molar-refractivity contribution in [3.63, 3.8) is 0 Å². The van der Waals surface area contributed by atoms with Gasteiger partial charge in [-0.15, -0.1) is 0 Å². The van der Waals surface area contributed by atoms with Crippen molar-refractivity contribution >= 4 is 11.2 Å². The fourth-order valence-electron chi connectivity index (χ4n) is 5.45. The van der Waals surface area contributed by atoms with Crippen molar-refractivity contribution in [3.05, 3.63) is 59.6 Å². The van der Waals surface area contributed by atoms with Gasteiger partial charge >= 0.3 is 6.01 Å². The maximum atomic E-state index is 15.4. The number of ether oxygens (including phenoxy) is 1. The monoisotopic (exact) mass is 488 g/mol. The predicted molar refractivity (Wildman–Crippen MR) is 133 cm³/mol. The SMILES string of the molecule is CCOc1nc(C)c2nc(-c3cncnc3)n(Cc3ccc(CN4C[C@@H]5C[C@H]4CN5C)cc3F)c2n1. The molecule has 3 aromatic heterocycles. The molecule has 2 saturated heterocycles. The highest BCUT2D eigenvalue weighted by Gasteiger charge is 2.41. The fourth-order valence-corrected chi connectivity index (χ4v) is 5.45. The highest BCUT2D eigenvalue weighted by molar-refractivity contribution is 5.79. The van der Waals surface area contributed by atoms with Crippen LogP contribution in [0.3, 0.4) is 0 Å². The van der Waals surface area contributed by atoms with Crippen LogP contribution in [0.4, 0.5) is 4.39 Å². The molecule has 6 rings (SSSR count). The lowest BCUT2D eigenvalue weighted by Crippen LogP contribution is -2.43. The first-order valence-corrected chi connectivity index (χ1v) is 12.3. The largest absolute Gasteiger partial charge is 0.464 e. The summed E-state index contributed by atoms with van der Waals surface area (Å²) >= 11 is 0. The molecule has 0 radical (unpaired) electrons. The summed E-state index contributed by atoms with van der Waals surface area (Å²) in [4.78, 5) is 27.0. The number of piperazine rings is 1. The number of hydrogen-bond acceptors (Lipinski definition) is 8. The fraction of sp³-hybridized carbons (Fsp3) is 0.423. The molecule has 0 unspecified atom stereocenters. The van der Waals surface area contributed by atoms with Gasteiger partial charge in [-0.3, -0.25) is 4.90 Å². The molecule has 1 aromatic carbocycles. The Morgan fingerprint density at radius 1 is 1.06 bits per heavy atom. The first-order valence-electron chi connectivity index (χ1n) is 12.3. The minimum absolute atomic E-state index is 0.234. The molecule has 0 spiro atoms. The average molecular weight is 489 g/mol. The molecule has 9 nitrogen and oxygen atoms in total. The Labute approximate surface area is 209 Å². The first-order chi connectivity index (χ1) is 17.5. The number of likely N-dealkylation sites (N-methyl/N-ethyl adjacent to an activating group) is 1. The number of aromatic nitrogens is 6. The molecule has 10 heteroatoms. The van der Waals surface area contributed by atoms with E-state index in [1.807, 2.05) is 30.5 Å². The number of aryl methyl sites for hydroxylation is 1. The van der Waals surface area contributed by atoms with Crippen LogP contribution in [0.25, 0.3) is 22.6 Å². The summed E-state index contributed by atoms with van der Waals surface area (Å²) in [5.41, 5.74) is 4.21. The number of hydrogen-bond donors (Lipinski definition) is 0. The number of benzene rings is 1. The molecule has 2 bridgehead atoms. The van der Waals surface area contributed by atoms with Crippen molar-refractivity contribution in [3.8, 4) is 17.4 Å². The summed E-state index contributed by atoms with van der Waals surface area (Å²) in [6.45, 7) is 7.38. The molecule has 186 valence electrons. The van der Waals surface area contributed by atoms with Crippen LogP contribution in [0, 0.1) is 12.7 Å². The average Bonchev–Trinajstić information content (AvgIpc) is 3.54. The Balaban J connectivity index is 1.34. The lowest BCUT2D eigenvalue weighted by molar-refractivity contribution is 0.143. The van der Waals surface area contributed by atoms with Crippen LogP contribution in [0.15, 0.2) is 36.9 Å². The molecule has 0 amide bonds. The molecular formula is C26H29FN8O. The molecule has 0 N–H and O–H groups in total. The van der Waals surface area contributed by atoms with Crippen molar-refractivity contribution in [2.45, 2.75) is 45.4 Å².